The molecular formula is C24H20ClF2N5O2. The van der Waals surface area contributed by atoms with Gasteiger partial charge in [-0.1, -0.05) is 18.5 Å². The van der Waals surface area contributed by atoms with Gasteiger partial charge in [0.2, 0.25) is 0 Å². The molecule has 0 atom stereocenters. The molecule has 4 rings (SSSR count). The van der Waals surface area contributed by atoms with Crippen LogP contribution in [0.3, 0.4) is 0 Å². The summed E-state index contributed by atoms with van der Waals surface area (Å²) in [6.07, 6.45) is 3.65. The van der Waals surface area contributed by atoms with Crippen molar-refractivity contribution in [3.63, 3.8) is 0 Å². The number of carbonyl (C=O) groups is 1. The second kappa shape index (κ2) is 9.48. The normalized spacial score (nSPS) is 10.9. The SMILES string of the molecule is CCc1c(=O)n(-c2cc(NC(=O)Nc3ccc(F)cc3)c(F)cc2Cl)cc2cnc(NC)cc12. The zero-order chi connectivity index (χ0) is 24.4. The molecule has 2 aromatic heterocycles. The average molecular weight is 484 g/mol. The maximum atomic E-state index is 14.6. The van der Waals surface area contributed by atoms with Crippen molar-refractivity contribution in [3.05, 3.63) is 87.4 Å². The van der Waals surface area contributed by atoms with Gasteiger partial charge in [0, 0.05) is 36.1 Å². The second-order valence-corrected chi connectivity index (χ2v) is 7.82. The lowest BCUT2D eigenvalue weighted by Crippen LogP contribution is -2.23. The molecule has 0 aliphatic heterocycles. The number of benzene rings is 2. The van der Waals surface area contributed by atoms with Crippen molar-refractivity contribution < 1.29 is 13.6 Å². The van der Waals surface area contributed by atoms with Gasteiger partial charge in [-0.2, -0.15) is 0 Å². The highest BCUT2D eigenvalue weighted by atomic mass is 35.5. The third-order valence-corrected chi connectivity index (χ3v) is 5.56. The first kappa shape index (κ1) is 23.2. The number of nitrogens with one attached hydrogen (secondary N) is 3. The summed E-state index contributed by atoms with van der Waals surface area (Å²) < 4.78 is 29.0. The van der Waals surface area contributed by atoms with Crippen molar-refractivity contribution in [3.8, 4) is 5.69 Å². The molecule has 0 spiro atoms. The molecule has 0 aliphatic rings. The van der Waals surface area contributed by atoms with Gasteiger partial charge < -0.3 is 16.0 Å². The molecule has 4 aromatic rings. The van der Waals surface area contributed by atoms with E-state index in [1.165, 1.54) is 34.9 Å². The van der Waals surface area contributed by atoms with Crippen LogP contribution in [0.2, 0.25) is 5.02 Å². The van der Waals surface area contributed by atoms with Crippen LogP contribution in [-0.4, -0.2) is 22.6 Å². The van der Waals surface area contributed by atoms with Gasteiger partial charge in [-0.25, -0.2) is 18.6 Å². The molecule has 0 bridgehead atoms. The van der Waals surface area contributed by atoms with Crippen LogP contribution in [0.4, 0.5) is 30.8 Å². The second-order valence-electron chi connectivity index (χ2n) is 7.41. The first-order chi connectivity index (χ1) is 16.3. The third kappa shape index (κ3) is 4.55. The Bertz CT molecular complexity index is 1450. The number of pyridine rings is 2. The Labute approximate surface area is 198 Å². The van der Waals surface area contributed by atoms with Gasteiger partial charge in [0.1, 0.15) is 17.5 Å². The Morgan fingerprint density at radius 1 is 1.12 bits per heavy atom. The number of urea groups is 1. The molecule has 2 aromatic carbocycles. The molecule has 0 fully saturated rings. The maximum Gasteiger partial charge on any atom is 0.323 e. The number of carbonyl (C=O) groups excluding carboxylic acids is 1. The number of hydrogen-bond acceptors (Lipinski definition) is 4. The Hall–Kier alpha value is -3.98. The molecule has 0 unspecified atom stereocenters. The van der Waals surface area contributed by atoms with Crippen molar-refractivity contribution in [1.82, 2.24) is 9.55 Å². The summed E-state index contributed by atoms with van der Waals surface area (Å²) in [6.45, 7) is 1.86. The van der Waals surface area contributed by atoms with E-state index in [0.29, 0.717) is 28.9 Å². The van der Waals surface area contributed by atoms with Gasteiger partial charge in [0.15, 0.2) is 0 Å². The van der Waals surface area contributed by atoms with Crippen molar-refractivity contribution in [2.45, 2.75) is 13.3 Å². The minimum Gasteiger partial charge on any atom is -0.373 e. The smallest absolute Gasteiger partial charge is 0.323 e. The van der Waals surface area contributed by atoms with Crippen LogP contribution in [-0.2, 0) is 6.42 Å². The number of hydrogen-bond donors (Lipinski definition) is 3. The van der Waals surface area contributed by atoms with Gasteiger partial charge in [-0.05, 0) is 54.3 Å². The predicted molar refractivity (Wildman–Crippen MR) is 130 cm³/mol. The minimum absolute atomic E-state index is 0.00898. The van der Waals surface area contributed by atoms with E-state index in [4.69, 9.17) is 11.6 Å². The summed E-state index contributed by atoms with van der Waals surface area (Å²) in [5.41, 5.74) is 0.547. The molecule has 2 heterocycles. The molecular weight excluding hydrogens is 464 g/mol. The highest BCUT2D eigenvalue weighted by Crippen LogP contribution is 2.29. The van der Waals surface area contributed by atoms with Crippen molar-refractivity contribution >= 4 is 45.6 Å². The molecule has 2 amide bonds. The van der Waals surface area contributed by atoms with Crippen LogP contribution in [0.15, 0.2) is 59.7 Å². The average Bonchev–Trinajstić information content (AvgIpc) is 2.82. The Kier molecular flexibility index (Phi) is 6.47. The Morgan fingerprint density at radius 3 is 2.53 bits per heavy atom. The van der Waals surface area contributed by atoms with Crippen LogP contribution >= 0.6 is 11.6 Å². The molecule has 0 radical (unpaired) electrons. The number of anilines is 3. The van der Waals surface area contributed by atoms with E-state index in [9.17, 15) is 18.4 Å². The van der Waals surface area contributed by atoms with E-state index in [-0.39, 0.29) is 22.0 Å². The zero-order valence-corrected chi connectivity index (χ0v) is 19.0. The molecule has 0 saturated heterocycles. The molecule has 34 heavy (non-hydrogen) atoms. The van der Waals surface area contributed by atoms with Crippen molar-refractivity contribution in [2.24, 2.45) is 0 Å². The van der Waals surface area contributed by atoms with E-state index < -0.39 is 17.7 Å². The lowest BCUT2D eigenvalue weighted by Gasteiger charge is -2.15. The monoisotopic (exact) mass is 483 g/mol. The van der Waals surface area contributed by atoms with Crippen LogP contribution in [0, 0.1) is 11.6 Å². The van der Waals surface area contributed by atoms with E-state index >= 15 is 0 Å². The predicted octanol–water partition coefficient (Wildman–Crippen LogP) is 5.57. The van der Waals surface area contributed by atoms with Crippen LogP contribution in [0.25, 0.3) is 16.5 Å². The summed E-state index contributed by atoms with van der Waals surface area (Å²) >= 11 is 6.29. The van der Waals surface area contributed by atoms with E-state index in [2.05, 4.69) is 20.9 Å². The summed E-state index contributed by atoms with van der Waals surface area (Å²) in [5, 5.41) is 9.26. The van der Waals surface area contributed by atoms with E-state index in [1.54, 1.807) is 25.5 Å². The fourth-order valence-electron chi connectivity index (χ4n) is 3.58. The zero-order valence-electron chi connectivity index (χ0n) is 18.2. The molecule has 174 valence electrons. The Balaban J connectivity index is 1.74. The number of aromatic nitrogens is 2. The summed E-state index contributed by atoms with van der Waals surface area (Å²) in [4.78, 5) is 29.9. The van der Waals surface area contributed by atoms with Gasteiger partial charge in [0.05, 0.1) is 16.4 Å². The summed E-state index contributed by atoms with van der Waals surface area (Å²) in [5.74, 6) is -0.616. The van der Waals surface area contributed by atoms with Gasteiger partial charge in [0.25, 0.3) is 5.56 Å². The quantitative estimate of drug-likeness (QED) is 0.346. The molecule has 3 N–H and O–H groups in total. The van der Waals surface area contributed by atoms with Gasteiger partial charge in [-0.15, -0.1) is 0 Å². The number of rotatable bonds is 5. The first-order valence-electron chi connectivity index (χ1n) is 10.4. The molecule has 0 saturated carbocycles. The van der Waals surface area contributed by atoms with Gasteiger partial charge >= 0.3 is 6.03 Å². The number of fused-ring (bicyclic) bond motifs is 1. The largest absolute Gasteiger partial charge is 0.373 e. The standard InChI is InChI=1S/C24H20ClF2N5O2/c1-3-16-17-8-22(28-2)29-11-13(17)12-32(23(16)33)21-10-20(19(27)9-18(21)25)31-24(34)30-15-6-4-14(26)5-7-15/h4-12,28H,3H2,1-2H3,(H2,30,31,34). The highest BCUT2D eigenvalue weighted by Gasteiger charge is 2.17. The molecule has 10 heteroatoms. The number of halogens is 3. The van der Waals surface area contributed by atoms with Crippen LogP contribution < -0.4 is 21.5 Å². The Morgan fingerprint density at radius 2 is 1.85 bits per heavy atom. The summed E-state index contributed by atoms with van der Waals surface area (Å²) in [6, 6.07) is 8.45. The van der Waals surface area contributed by atoms with Crippen LogP contribution in [0.5, 0.6) is 0 Å². The van der Waals surface area contributed by atoms with Gasteiger partial charge in [-0.3, -0.25) is 9.36 Å². The van der Waals surface area contributed by atoms with Crippen molar-refractivity contribution in [1.29, 1.82) is 0 Å². The fourth-order valence-corrected chi connectivity index (χ4v) is 3.82. The lowest BCUT2D eigenvalue weighted by atomic mass is 10.1. The fraction of sp³-hybridized carbons (Fsp3) is 0.125. The number of aryl methyl sites for hydroxylation is 1. The third-order valence-electron chi connectivity index (χ3n) is 5.26. The maximum absolute atomic E-state index is 14.6. The van der Waals surface area contributed by atoms with E-state index in [1.807, 2.05) is 6.92 Å². The topological polar surface area (TPSA) is 88.1 Å². The highest BCUT2D eigenvalue weighted by molar-refractivity contribution is 6.32. The number of amides is 2. The summed E-state index contributed by atoms with van der Waals surface area (Å²) in [7, 11) is 1.74. The van der Waals surface area contributed by atoms with Crippen molar-refractivity contribution in [2.75, 3.05) is 23.0 Å². The molecule has 0 aliphatic carbocycles. The minimum atomic E-state index is -0.784. The number of nitrogens with zero attached hydrogens (tertiary/aromatic N) is 2. The van der Waals surface area contributed by atoms with Crippen LogP contribution in [0.1, 0.15) is 12.5 Å². The lowest BCUT2D eigenvalue weighted by molar-refractivity contribution is 0.262. The molecule has 7 nitrogen and oxygen atoms in total. The first-order valence-corrected chi connectivity index (χ1v) is 10.7. The van der Waals surface area contributed by atoms with E-state index in [0.717, 1.165) is 11.5 Å².